The summed E-state index contributed by atoms with van der Waals surface area (Å²) in [5.41, 5.74) is 3.99. The topological polar surface area (TPSA) is 136 Å². The third kappa shape index (κ3) is 9.17. The molecule has 2 aliphatic carbocycles. The molecule has 11 heteroatoms. The predicted molar refractivity (Wildman–Crippen MR) is 223 cm³/mol. The number of fused-ring (bicyclic) bond motifs is 2. The zero-order chi connectivity index (χ0) is 41.1. The number of methoxy groups -OCH3 is 1. The maximum atomic E-state index is 14.7. The molecule has 11 nitrogen and oxygen atoms in total. The maximum Gasteiger partial charge on any atom is 0.239 e. The van der Waals surface area contributed by atoms with Crippen molar-refractivity contribution in [1.82, 2.24) is 4.90 Å². The van der Waals surface area contributed by atoms with E-state index in [9.17, 15) is 19.8 Å². The van der Waals surface area contributed by atoms with Gasteiger partial charge in [0, 0.05) is 43.2 Å². The van der Waals surface area contributed by atoms with Gasteiger partial charge in [-0.3, -0.25) is 9.59 Å². The van der Waals surface area contributed by atoms with Gasteiger partial charge in [-0.25, -0.2) is 0 Å². The average molecular weight is 795 g/mol. The number of ether oxygens (including phenoxy) is 4. The third-order valence-corrected chi connectivity index (χ3v) is 11.7. The van der Waals surface area contributed by atoms with Crippen LogP contribution in [0.3, 0.4) is 0 Å². The van der Waals surface area contributed by atoms with Crippen molar-refractivity contribution >= 4 is 17.9 Å². The molecule has 2 N–H and O–H groups in total. The van der Waals surface area contributed by atoms with Gasteiger partial charge in [0.25, 0.3) is 0 Å². The first-order valence-corrected chi connectivity index (χ1v) is 20.6. The first-order valence-electron chi connectivity index (χ1n) is 20.6. The van der Waals surface area contributed by atoms with Crippen molar-refractivity contribution in [2.45, 2.75) is 82.5 Å². The number of aldehydes is 1. The number of oxime groups is 1. The van der Waals surface area contributed by atoms with Gasteiger partial charge in [0.2, 0.25) is 11.7 Å². The maximum absolute atomic E-state index is 14.7. The molecule has 1 amide bonds. The Balaban J connectivity index is 1.55. The number of hydrogen-bond donors (Lipinski definition) is 2. The van der Waals surface area contributed by atoms with Crippen LogP contribution in [0.4, 0.5) is 0 Å². The molecule has 3 aromatic rings. The van der Waals surface area contributed by atoms with Crippen LogP contribution in [0.2, 0.25) is 0 Å². The monoisotopic (exact) mass is 794 g/mol. The first kappa shape index (κ1) is 42.6. The lowest BCUT2D eigenvalue weighted by Gasteiger charge is -2.60. The van der Waals surface area contributed by atoms with E-state index < -0.39 is 17.7 Å². The molecule has 58 heavy (non-hydrogen) atoms. The fourth-order valence-electron chi connectivity index (χ4n) is 9.36. The molecule has 1 saturated carbocycles. The smallest absolute Gasteiger partial charge is 0.239 e. The molecular formula is C47H58N2O9. The summed E-state index contributed by atoms with van der Waals surface area (Å²) >= 11 is 0. The zero-order valence-electron chi connectivity index (χ0n) is 34.0. The first-order chi connectivity index (χ1) is 28.3. The Labute approximate surface area is 342 Å². The molecule has 0 saturated heterocycles. The van der Waals surface area contributed by atoms with Crippen molar-refractivity contribution in [3.8, 4) is 23.0 Å². The second-order valence-corrected chi connectivity index (χ2v) is 15.4. The molecule has 310 valence electrons. The van der Waals surface area contributed by atoms with Crippen LogP contribution in [0.15, 0.2) is 96.2 Å². The van der Waals surface area contributed by atoms with Gasteiger partial charge in [0.1, 0.15) is 42.4 Å². The number of hydrogen-bond acceptors (Lipinski definition) is 10. The molecular weight excluding hydrogens is 737 g/mol. The molecule has 1 aliphatic heterocycles. The fraction of sp³-hybridized carbons (Fsp3) is 0.468. The van der Waals surface area contributed by atoms with Crippen molar-refractivity contribution in [2.24, 2.45) is 22.9 Å². The fourth-order valence-corrected chi connectivity index (χ4v) is 9.36. The highest BCUT2D eigenvalue weighted by Crippen LogP contribution is 2.62. The van der Waals surface area contributed by atoms with Gasteiger partial charge in [-0.15, -0.1) is 6.58 Å². The Hall–Kier alpha value is -4.97. The lowest BCUT2D eigenvalue weighted by Crippen LogP contribution is -2.70. The second-order valence-electron chi connectivity index (χ2n) is 15.4. The molecule has 3 aromatic carbocycles. The highest BCUT2D eigenvalue weighted by molar-refractivity contribution is 6.03. The van der Waals surface area contributed by atoms with Crippen LogP contribution in [0.25, 0.3) is 0 Å². The van der Waals surface area contributed by atoms with Crippen LogP contribution in [0.1, 0.15) is 85.7 Å². The van der Waals surface area contributed by atoms with Gasteiger partial charge in [0.15, 0.2) is 0 Å². The van der Waals surface area contributed by atoms with Crippen LogP contribution in [-0.2, 0) is 20.8 Å². The number of amides is 1. The van der Waals surface area contributed by atoms with Crippen molar-refractivity contribution in [3.05, 3.63) is 108 Å². The number of allylic oxidation sites excluding steroid dienone is 1. The number of aliphatic hydroxyl groups excluding tert-OH is 2. The lowest BCUT2D eigenvalue weighted by atomic mass is 9.55. The van der Waals surface area contributed by atoms with Crippen LogP contribution in [-0.4, -0.2) is 85.4 Å². The standard InChI is InChI=1S/C47H58N2O9/c1-5-21-49(44(53)27-32-13-11-16-35(25-32)54-3)43-30-41(48-55-4)39-28-34(15-7-9-22-50)38(18-8-10-23-51)45-40-29-37(57-36-17-12-14-33(26-36)31-52)19-20-42(40)58-47(43,46(39)45)56-24-6-2/h6,11-14,16-17,19-20,25-26,28-29,31,34,38,43,45-46,50-51H,2,5,7-10,15,18,21-24,27,30H2,1,3-4H3/t34-,38+,43-,45+,46+,47+/m0/s1. The van der Waals surface area contributed by atoms with E-state index in [-0.39, 0.29) is 49.9 Å². The summed E-state index contributed by atoms with van der Waals surface area (Å²) in [5, 5.41) is 24.4. The number of carbonyl (C=O) groups excluding carboxylic acids is 2. The number of rotatable bonds is 21. The van der Waals surface area contributed by atoms with Crippen LogP contribution >= 0.6 is 0 Å². The predicted octanol–water partition coefficient (Wildman–Crippen LogP) is 8.04. The summed E-state index contributed by atoms with van der Waals surface area (Å²) in [6, 6.07) is 19.8. The van der Waals surface area contributed by atoms with E-state index in [1.807, 2.05) is 53.4 Å². The molecule has 1 fully saturated rings. The largest absolute Gasteiger partial charge is 0.497 e. The molecule has 1 heterocycles. The van der Waals surface area contributed by atoms with Crippen LogP contribution in [0.5, 0.6) is 23.0 Å². The quantitative estimate of drug-likeness (QED) is 0.0475. The van der Waals surface area contributed by atoms with Crippen LogP contribution < -0.4 is 14.2 Å². The van der Waals surface area contributed by atoms with Crippen molar-refractivity contribution in [3.63, 3.8) is 0 Å². The molecule has 0 unspecified atom stereocenters. The van der Waals surface area contributed by atoms with E-state index in [1.54, 1.807) is 38.5 Å². The average Bonchev–Trinajstić information content (AvgIpc) is 3.24. The van der Waals surface area contributed by atoms with E-state index in [0.29, 0.717) is 60.8 Å². The minimum absolute atomic E-state index is 0.0663. The lowest BCUT2D eigenvalue weighted by molar-refractivity contribution is -0.257. The molecule has 3 aliphatic rings. The van der Waals surface area contributed by atoms with Gasteiger partial charge in [0.05, 0.1) is 31.8 Å². The Kier molecular flexibility index (Phi) is 14.8. The van der Waals surface area contributed by atoms with Crippen molar-refractivity contribution in [1.29, 1.82) is 0 Å². The Morgan fingerprint density at radius 3 is 2.47 bits per heavy atom. The van der Waals surface area contributed by atoms with Gasteiger partial charge in [-0.2, -0.15) is 0 Å². The molecule has 0 aromatic heterocycles. The van der Waals surface area contributed by atoms with Gasteiger partial charge in [-0.1, -0.05) is 61.3 Å². The Morgan fingerprint density at radius 2 is 1.74 bits per heavy atom. The molecule has 6 rings (SSSR count). The van der Waals surface area contributed by atoms with E-state index >= 15 is 0 Å². The van der Waals surface area contributed by atoms with E-state index in [2.05, 4.69) is 24.7 Å². The summed E-state index contributed by atoms with van der Waals surface area (Å²) in [7, 11) is 3.16. The SMILES string of the molecule is C=CCO[C@@]12Oc3ccc(Oc4cccc(C=O)c4)cc3[C@H]3[C@H](CCCCO)[C@@H](CCCCO)C=C(C(=NOC)C[C@@H]1N(CCC)C(=O)Cc1cccc(OC)c1)[C@H]32. The summed E-state index contributed by atoms with van der Waals surface area (Å²) in [6.45, 7) is 6.91. The number of unbranched alkanes of at least 4 members (excludes halogenated alkanes) is 2. The Bertz CT molecular complexity index is 1940. The normalized spacial score (nSPS) is 23.8. The van der Waals surface area contributed by atoms with Gasteiger partial charge < -0.3 is 38.9 Å². The van der Waals surface area contributed by atoms with Gasteiger partial charge >= 0.3 is 0 Å². The van der Waals surface area contributed by atoms with Crippen LogP contribution in [0, 0.1) is 17.8 Å². The van der Waals surface area contributed by atoms with E-state index in [1.165, 1.54) is 0 Å². The number of aliphatic hydroxyl groups is 2. The molecule has 0 spiro atoms. The Morgan fingerprint density at radius 1 is 0.983 bits per heavy atom. The van der Waals surface area contributed by atoms with E-state index in [0.717, 1.165) is 54.4 Å². The molecule has 0 radical (unpaired) electrons. The number of nitrogens with zero attached hydrogens (tertiary/aromatic N) is 2. The summed E-state index contributed by atoms with van der Waals surface area (Å²) in [6.07, 6.45) is 10.6. The zero-order valence-corrected chi connectivity index (χ0v) is 34.0. The number of benzene rings is 3. The van der Waals surface area contributed by atoms with E-state index in [4.69, 9.17) is 23.8 Å². The molecule has 6 atom stereocenters. The van der Waals surface area contributed by atoms with Gasteiger partial charge in [-0.05, 0) is 97.5 Å². The third-order valence-electron chi connectivity index (χ3n) is 11.7. The highest BCUT2D eigenvalue weighted by Gasteiger charge is 2.65. The second kappa shape index (κ2) is 20.1. The molecule has 0 bridgehead atoms. The number of carbonyl (C=O) groups is 2. The summed E-state index contributed by atoms with van der Waals surface area (Å²) in [4.78, 5) is 33.8. The van der Waals surface area contributed by atoms with Crippen molar-refractivity contribution in [2.75, 3.05) is 40.6 Å². The summed E-state index contributed by atoms with van der Waals surface area (Å²) < 4.78 is 26.3. The minimum atomic E-state index is -1.35. The highest BCUT2D eigenvalue weighted by atomic mass is 16.7. The van der Waals surface area contributed by atoms with Crippen molar-refractivity contribution < 1.29 is 43.6 Å². The minimum Gasteiger partial charge on any atom is -0.497 e. The summed E-state index contributed by atoms with van der Waals surface area (Å²) in [5.74, 6) is 0.546.